The number of hydrogen-bond donors (Lipinski definition) is 2. The Labute approximate surface area is 198 Å². The van der Waals surface area contributed by atoms with E-state index in [0.717, 1.165) is 23.5 Å². The number of ether oxygens (including phenoxy) is 2. The molecule has 0 aliphatic heterocycles. The summed E-state index contributed by atoms with van der Waals surface area (Å²) in [4.78, 5) is 26.4. The molecule has 0 atom stereocenters. The molecule has 0 spiro atoms. The Bertz CT molecular complexity index is 1060. The standard InChI is InChI=1S/C26H28N2O4S/c1-3-32-22-12-8-19(9-13-22)6-4-16-27-26(30)24(18-23-7-5-17-33-23)28-25(29)20-10-14-21(31-2)15-11-20/h5,7-15,17-18H,3-4,6,16H2,1-2H3,(H,27,30)(H,28,29)/b24-18-. The average molecular weight is 465 g/mol. The second-order valence-corrected chi connectivity index (χ2v) is 8.17. The van der Waals surface area contributed by atoms with Crippen molar-refractivity contribution in [1.29, 1.82) is 0 Å². The first-order valence-electron chi connectivity index (χ1n) is 10.8. The summed E-state index contributed by atoms with van der Waals surface area (Å²) in [6.45, 7) is 3.09. The molecule has 0 aliphatic carbocycles. The van der Waals surface area contributed by atoms with Gasteiger partial charge in [-0.1, -0.05) is 18.2 Å². The van der Waals surface area contributed by atoms with Crippen molar-refractivity contribution in [3.63, 3.8) is 0 Å². The number of benzene rings is 2. The highest BCUT2D eigenvalue weighted by Crippen LogP contribution is 2.15. The Kier molecular flexibility index (Phi) is 9.08. The fraction of sp³-hybridized carbons (Fsp3) is 0.231. The first-order valence-corrected chi connectivity index (χ1v) is 11.7. The van der Waals surface area contributed by atoms with E-state index in [4.69, 9.17) is 9.47 Å². The molecule has 0 radical (unpaired) electrons. The van der Waals surface area contributed by atoms with E-state index in [1.54, 1.807) is 37.5 Å². The number of aryl methyl sites for hydroxylation is 1. The molecule has 33 heavy (non-hydrogen) atoms. The van der Waals surface area contributed by atoms with E-state index in [-0.39, 0.29) is 17.5 Å². The molecule has 0 saturated carbocycles. The molecule has 6 nitrogen and oxygen atoms in total. The van der Waals surface area contributed by atoms with E-state index in [1.165, 1.54) is 16.9 Å². The van der Waals surface area contributed by atoms with Gasteiger partial charge < -0.3 is 20.1 Å². The van der Waals surface area contributed by atoms with Crippen molar-refractivity contribution in [2.24, 2.45) is 0 Å². The summed E-state index contributed by atoms with van der Waals surface area (Å²) >= 11 is 1.49. The summed E-state index contributed by atoms with van der Waals surface area (Å²) in [5.41, 5.74) is 1.82. The lowest BCUT2D eigenvalue weighted by Crippen LogP contribution is -2.35. The van der Waals surface area contributed by atoms with Crippen LogP contribution in [-0.2, 0) is 11.2 Å². The van der Waals surface area contributed by atoms with Gasteiger partial charge >= 0.3 is 0 Å². The largest absolute Gasteiger partial charge is 0.497 e. The molecule has 172 valence electrons. The van der Waals surface area contributed by atoms with E-state index in [1.807, 2.05) is 48.7 Å². The molecule has 0 unspecified atom stereocenters. The van der Waals surface area contributed by atoms with Crippen LogP contribution in [0.1, 0.15) is 34.1 Å². The van der Waals surface area contributed by atoms with Gasteiger partial charge in [0.05, 0.1) is 13.7 Å². The summed E-state index contributed by atoms with van der Waals surface area (Å²) < 4.78 is 10.6. The van der Waals surface area contributed by atoms with Crippen LogP contribution in [0, 0.1) is 0 Å². The van der Waals surface area contributed by atoms with Gasteiger partial charge in [-0.15, -0.1) is 11.3 Å². The highest BCUT2D eigenvalue weighted by atomic mass is 32.1. The summed E-state index contributed by atoms with van der Waals surface area (Å²) in [7, 11) is 1.57. The summed E-state index contributed by atoms with van der Waals surface area (Å²) in [5.74, 6) is 0.832. The molecule has 7 heteroatoms. The molecule has 2 aromatic carbocycles. The number of carbonyl (C=O) groups excluding carboxylic acids is 2. The quantitative estimate of drug-likeness (QED) is 0.319. The molecule has 0 fully saturated rings. The molecule has 2 N–H and O–H groups in total. The van der Waals surface area contributed by atoms with E-state index in [0.29, 0.717) is 24.5 Å². The first kappa shape index (κ1) is 24.1. The van der Waals surface area contributed by atoms with E-state index < -0.39 is 0 Å². The Balaban J connectivity index is 1.58. The molecule has 2 amide bonds. The summed E-state index contributed by atoms with van der Waals surface area (Å²) in [6, 6.07) is 18.5. The number of amides is 2. The Morgan fingerprint density at radius 3 is 2.36 bits per heavy atom. The van der Waals surface area contributed by atoms with E-state index in [2.05, 4.69) is 10.6 Å². The third-order valence-electron chi connectivity index (χ3n) is 4.84. The monoisotopic (exact) mass is 464 g/mol. The van der Waals surface area contributed by atoms with Crippen LogP contribution < -0.4 is 20.1 Å². The minimum Gasteiger partial charge on any atom is -0.497 e. The SMILES string of the molecule is CCOc1ccc(CCCNC(=O)/C(=C/c2cccs2)NC(=O)c2ccc(OC)cc2)cc1. The minimum absolute atomic E-state index is 0.208. The molecular formula is C26H28N2O4S. The van der Waals surface area contributed by atoms with Crippen LogP contribution >= 0.6 is 11.3 Å². The molecule has 3 rings (SSSR count). The van der Waals surface area contributed by atoms with Crippen LogP contribution in [0.5, 0.6) is 11.5 Å². The lowest BCUT2D eigenvalue weighted by atomic mass is 10.1. The smallest absolute Gasteiger partial charge is 0.267 e. The lowest BCUT2D eigenvalue weighted by Gasteiger charge is -2.11. The zero-order chi connectivity index (χ0) is 23.5. The van der Waals surface area contributed by atoms with Crippen molar-refractivity contribution in [2.45, 2.75) is 19.8 Å². The zero-order valence-corrected chi connectivity index (χ0v) is 19.6. The summed E-state index contributed by atoms with van der Waals surface area (Å²) in [5, 5.41) is 7.58. The second kappa shape index (κ2) is 12.5. The number of carbonyl (C=O) groups is 2. The summed E-state index contributed by atoms with van der Waals surface area (Å²) in [6.07, 6.45) is 3.29. The van der Waals surface area contributed by atoms with Crippen molar-refractivity contribution in [1.82, 2.24) is 10.6 Å². The van der Waals surface area contributed by atoms with Crippen LogP contribution in [0.4, 0.5) is 0 Å². The second-order valence-electron chi connectivity index (χ2n) is 7.19. The van der Waals surface area contributed by atoms with Crippen molar-refractivity contribution in [2.75, 3.05) is 20.3 Å². The third-order valence-corrected chi connectivity index (χ3v) is 5.66. The van der Waals surface area contributed by atoms with E-state index >= 15 is 0 Å². The van der Waals surface area contributed by atoms with Gasteiger partial charge in [0, 0.05) is 17.0 Å². The van der Waals surface area contributed by atoms with Gasteiger partial charge in [-0.05, 0) is 79.2 Å². The van der Waals surface area contributed by atoms with Crippen molar-refractivity contribution < 1.29 is 19.1 Å². The highest BCUT2D eigenvalue weighted by Gasteiger charge is 2.15. The van der Waals surface area contributed by atoms with Gasteiger partial charge in [0.15, 0.2) is 0 Å². The number of nitrogens with one attached hydrogen (secondary N) is 2. The maximum absolute atomic E-state index is 12.8. The topological polar surface area (TPSA) is 76.7 Å². The molecule has 0 aliphatic rings. The Hall–Kier alpha value is -3.58. The maximum atomic E-state index is 12.8. The Morgan fingerprint density at radius 2 is 1.73 bits per heavy atom. The fourth-order valence-electron chi connectivity index (χ4n) is 3.12. The maximum Gasteiger partial charge on any atom is 0.267 e. The van der Waals surface area contributed by atoms with Crippen LogP contribution in [-0.4, -0.2) is 32.1 Å². The molecule has 0 saturated heterocycles. The average Bonchev–Trinajstić information content (AvgIpc) is 3.35. The van der Waals surface area contributed by atoms with Crippen molar-refractivity contribution in [3.05, 3.63) is 87.7 Å². The van der Waals surface area contributed by atoms with Gasteiger partial charge in [-0.3, -0.25) is 9.59 Å². The van der Waals surface area contributed by atoms with Crippen LogP contribution in [0.3, 0.4) is 0 Å². The lowest BCUT2D eigenvalue weighted by molar-refractivity contribution is -0.117. The number of rotatable bonds is 11. The van der Waals surface area contributed by atoms with Crippen LogP contribution in [0.15, 0.2) is 71.7 Å². The molecule has 0 bridgehead atoms. The number of methoxy groups -OCH3 is 1. The van der Waals surface area contributed by atoms with Gasteiger partial charge in [0.25, 0.3) is 11.8 Å². The molecule has 1 heterocycles. The van der Waals surface area contributed by atoms with Crippen molar-refractivity contribution in [3.8, 4) is 11.5 Å². The van der Waals surface area contributed by atoms with Gasteiger partial charge in [0.2, 0.25) is 0 Å². The number of hydrogen-bond acceptors (Lipinski definition) is 5. The van der Waals surface area contributed by atoms with Gasteiger partial charge in [-0.2, -0.15) is 0 Å². The first-order chi connectivity index (χ1) is 16.1. The normalized spacial score (nSPS) is 11.0. The third kappa shape index (κ3) is 7.50. The molecular weight excluding hydrogens is 436 g/mol. The predicted octanol–water partition coefficient (Wildman–Crippen LogP) is 4.68. The predicted molar refractivity (Wildman–Crippen MR) is 132 cm³/mol. The minimum atomic E-state index is -0.356. The van der Waals surface area contributed by atoms with E-state index in [9.17, 15) is 9.59 Å². The van der Waals surface area contributed by atoms with Crippen molar-refractivity contribution >= 4 is 29.2 Å². The van der Waals surface area contributed by atoms with Crippen LogP contribution in [0.25, 0.3) is 6.08 Å². The van der Waals surface area contributed by atoms with Crippen LogP contribution in [0.2, 0.25) is 0 Å². The highest BCUT2D eigenvalue weighted by molar-refractivity contribution is 7.10. The molecule has 1 aromatic heterocycles. The van der Waals surface area contributed by atoms with Gasteiger partial charge in [0.1, 0.15) is 17.2 Å². The number of thiophene rings is 1. The Morgan fingerprint density at radius 1 is 1.00 bits per heavy atom. The fourth-order valence-corrected chi connectivity index (χ4v) is 3.78. The molecule has 3 aromatic rings. The zero-order valence-electron chi connectivity index (χ0n) is 18.8. The van der Waals surface area contributed by atoms with Gasteiger partial charge in [-0.25, -0.2) is 0 Å².